The molecule has 0 spiro atoms. The molecule has 1 atom stereocenters. The van der Waals surface area contributed by atoms with E-state index in [4.69, 9.17) is 4.74 Å². The third-order valence-electron chi connectivity index (χ3n) is 4.80. The van der Waals surface area contributed by atoms with Crippen LogP contribution in [0.1, 0.15) is 34.8 Å². The van der Waals surface area contributed by atoms with E-state index >= 15 is 0 Å². The van der Waals surface area contributed by atoms with Crippen LogP contribution in [-0.4, -0.2) is 43.8 Å². The number of fused-ring (bicyclic) bond motifs is 1. The molecule has 0 aromatic carbocycles. The highest BCUT2D eigenvalue weighted by Gasteiger charge is 2.36. The Morgan fingerprint density at radius 2 is 2.23 bits per heavy atom. The molecular formula is C18H19N5O3. The minimum absolute atomic E-state index is 0.168. The Bertz CT molecular complexity index is 918. The molecule has 0 aliphatic heterocycles. The monoisotopic (exact) mass is 353 g/mol. The number of ether oxygens (including phenoxy) is 1. The number of pyridine rings is 2. The van der Waals surface area contributed by atoms with Crippen LogP contribution in [0.25, 0.3) is 5.65 Å². The van der Waals surface area contributed by atoms with E-state index in [1.165, 1.54) is 0 Å². The molecule has 2 N–H and O–H groups in total. The first kappa shape index (κ1) is 16.5. The van der Waals surface area contributed by atoms with Gasteiger partial charge in [-0.2, -0.15) is 0 Å². The first-order valence-electron chi connectivity index (χ1n) is 8.42. The SMILES string of the molecule is COc1ccc([C@@H](NC(=O)c2ccn3cnnc3c2)C2CC(O)C2)cn1. The summed E-state index contributed by atoms with van der Waals surface area (Å²) in [5.41, 5.74) is 2.01. The number of carbonyl (C=O) groups excluding carboxylic acids is 1. The van der Waals surface area contributed by atoms with Gasteiger partial charge >= 0.3 is 0 Å². The van der Waals surface area contributed by atoms with Gasteiger partial charge in [-0.25, -0.2) is 4.98 Å². The second kappa shape index (κ2) is 6.72. The lowest BCUT2D eigenvalue weighted by molar-refractivity contribution is 0.0234. The standard InChI is InChI=1S/C18H19N5O3/c1-26-16-3-2-12(9-19-16)17(13-6-14(24)7-13)21-18(25)11-4-5-23-10-20-22-15(23)8-11/h2-5,8-10,13-14,17,24H,6-7H2,1H3,(H,21,25)/t13?,14?,17-/m1/s1. The number of methoxy groups -OCH3 is 1. The number of aromatic nitrogens is 4. The second-order valence-corrected chi connectivity index (χ2v) is 6.48. The summed E-state index contributed by atoms with van der Waals surface area (Å²) in [5, 5.41) is 20.5. The van der Waals surface area contributed by atoms with Crippen molar-refractivity contribution >= 4 is 11.6 Å². The van der Waals surface area contributed by atoms with Gasteiger partial charge in [-0.1, -0.05) is 6.07 Å². The Morgan fingerprint density at radius 3 is 2.92 bits per heavy atom. The maximum Gasteiger partial charge on any atom is 0.251 e. The van der Waals surface area contributed by atoms with Crippen molar-refractivity contribution in [1.29, 1.82) is 0 Å². The van der Waals surface area contributed by atoms with Gasteiger partial charge in [0.15, 0.2) is 5.65 Å². The number of hydrogen-bond acceptors (Lipinski definition) is 6. The number of nitrogens with zero attached hydrogens (tertiary/aromatic N) is 4. The van der Waals surface area contributed by atoms with E-state index in [-0.39, 0.29) is 24.0 Å². The normalized spacial score (nSPS) is 20.4. The van der Waals surface area contributed by atoms with Gasteiger partial charge in [0.05, 0.1) is 19.3 Å². The fourth-order valence-corrected chi connectivity index (χ4v) is 3.26. The minimum Gasteiger partial charge on any atom is -0.481 e. The van der Waals surface area contributed by atoms with E-state index in [0.717, 1.165) is 5.56 Å². The van der Waals surface area contributed by atoms with E-state index in [1.807, 2.05) is 6.07 Å². The number of rotatable bonds is 5. The van der Waals surface area contributed by atoms with Gasteiger partial charge in [-0.3, -0.25) is 9.20 Å². The summed E-state index contributed by atoms with van der Waals surface area (Å²) in [6.45, 7) is 0. The fourth-order valence-electron chi connectivity index (χ4n) is 3.26. The Hall–Kier alpha value is -3.00. The molecule has 0 saturated heterocycles. The molecule has 3 heterocycles. The average molecular weight is 353 g/mol. The van der Waals surface area contributed by atoms with Gasteiger partial charge < -0.3 is 15.2 Å². The van der Waals surface area contributed by atoms with Crippen molar-refractivity contribution in [3.05, 3.63) is 54.1 Å². The van der Waals surface area contributed by atoms with E-state index in [9.17, 15) is 9.90 Å². The predicted molar refractivity (Wildman–Crippen MR) is 92.7 cm³/mol. The summed E-state index contributed by atoms with van der Waals surface area (Å²) in [7, 11) is 1.56. The van der Waals surface area contributed by atoms with Gasteiger partial charge in [0.2, 0.25) is 5.88 Å². The zero-order chi connectivity index (χ0) is 18.1. The zero-order valence-electron chi connectivity index (χ0n) is 14.2. The molecule has 3 aromatic heterocycles. The number of aliphatic hydroxyl groups excluding tert-OH is 1. The number of hydrogen-bond donors (Lipinski definition) is 2. The number of carbonyl (C=O) groups is 1. The quantitative estimate of drug-likeness (QED) is 0.718. The molecule has 8 nitrogen and oxygen atoms in total. The van der Waals surface area contributed by atoms with Crippen LogP contribution >= 0.6 is 0 Å². The van der Waals surface area contributed by atoms with Crippen LogP contribution in [0.15, 0.2) is 43.0 Å². The Balaban J connectivity index is 1.57. The number of nitrogens with one attached hydrogen (secondary N) is 1. The van der Waals surface area contributed by atoms with Crippen LogP contribution in [-0.2, 0) is 0 Å². The van der Waals surface area contributed by atoms with E-state index in [0.29, 0.717) is 29.9 Å². The number of amides is 1. The summed E-state index contributed by atoms with van der Waals surface area (Å²) in [6, 6.07) is 6.86. The molecule has 134 valence electrons. The van der Waals surface area contributed by atoms with Crippen LogP contribution < -0.4 is 10.1 Å². The molecule has 1 aliphatic carbocycles. The van der Waals surface area contributed by atoms with Crippen molar-refractivity contribution in [2.24, 2.45) is 5.92 Å². The largest absolute Gasteiger partial charge is 0.481 e. The minimum atomic E-state index is -0.307. The van der Waals surface area contributed by atoms with Crippen molar-refractivity contribution in [3.63, 3.8) is 0 Å². The average Bonchev–Trinajstić information content (AvgIpc) is 3.11. The van der Waals surface area contributed by atoms with E-state index in [2.05, 4.69) is 20.5 Å². The van der Waals surface area contributed by atoms with Crippen molar-refractivity contribution in [2.45, 2.75) is 25.0 Å². The van der Waals surface area contributed by atoms with Crippen molar-refractivity contribution in [3.8, 4) is 5.88 Å². The smallest absolute Gasteiger partial charge is 0.251 e. The van der Waals surface area contributed by atoms with E-state index in [1.54, 1.807) is 48.4 Å². The summed E-state index contributed by atoms with van der Waals surface area (Å²) in [6.07, 6.45) is 6.04. The summed E-state index contributed by atoms with van der Waals surface area (Å²) in [4.78, 5) is 17.0. The Kier molecular flexibility index (Phi) is 4.26. The zero-order valence-corrected chi connectivity index (χ0v) is 14.2. The molecule has 26 heavy (non-hydrogen) atoms. The highest BCUT2D eigenvalue weighted by molar-refractivity contribution is 5.95. The molecule has 0 bridgehead atoms. The van der Waals surface area contributed by atoms with Gasteiger partial charge in [-0.15, -0.1) is 10.2 Å². The molecule has 1 saturated carbocycles. The highest BCUT2D eigenvalue weighted by Crippen LogP contribution is 2.38. The lowest BCUT2D eigenvalue weighted by Gasteiger charge is -2.38. The molecule has 0 unspecified atom stereocenters. The van der Waals surface area contributed by atoms with Crippen LogP contribution in [0, 0.1) is 5.92 Å². The topological polar surface area (TPSA) is 102 Å². The summed E-state index contributed by atoms with van der Waals surface area (Å²) < 4.78 is 6.84. The predicted octanol–water partition coefficient (Wildman–Crippen LogP) is 1.37. The Morgan fingerprint density at radius 1 is 1.38 bits per heavy atom. The maximum absolute atomic E-state index is 12.8. The molecule has 1 amide bonds. The summed E-state index contributed by atoms with van der Waals surface area (Å²) in [5.74, 6) is 0.489. The fraction of sp³-hybridized carbons (Fsp3) is 0.333. The van der Waals surface area contributed by atoms with Crippen molar-refractivity contribution in [2.75, 3.05) is 7.11 Å². The van der Waals surface area contributed by atoms with Gasteiger partial charge in [0.1, 0.15) is 6.33 Å². The van der Waals surface area contributed by atoms with Crippen molar-refractivity contribution in [1.82, 2.24) is 24.9 Å². The first-order valence-corrected chi connectivity index (χ1v) is 8.42. The van der Waals surface area contributed by atoms with Gasteiger partial charge in [0, 0.05) is 24.0 Å². The molecule has 0 radical (unpaired) electrons. The van der Waals surface area contributed by atoms with Gasteiger partial charge in [0.25, 0.3) is 5.91 Å². The van der Waals surface area contributed by atoms with Crippen LogP contribution in [0.2, 0.25) is 0 Å². The molecule has 8 heteroatoms. The third kappa shape index (κ3) is 3.11. The molecule has 1 fully saturated rings. The number of aliphatic hydroxyl groups is 1. The first-order chi connectivity index (χ1) is 12.6. The van der Waals surface area contributed by atoms with Crippen LogP contribution in [0.5, 0.6) is 5.88 Å². The molecule has 1 aliphatic rings. The lowest BCUT2D eigenvalue weighted by Crippen LogP contribution is -2.41. The maximum atomic E-state index is 12.8. The van der Waals surface area contributed by atoms with Gasteiger partial charge in [-0.05, 0) is 36.5 Å². The van der Waals surface area contributed by atoms with Crippen LogP contribution in [0.3, 0.4) is 0 Å². The third-order valence-corrected chi connectivity index (χ3v) is 4.80. The van der Waals surface area contributed by atoms with Crippen molar-refractivity contribution < 1.29 is 14.6 Å². The highest BCUT2D eigenvalue weighted by atomic mass is 16.5. The molecule has 3 aromatic rings. The Labute approximate surface area is 149 Å². The second-order valence-electron chi connectivity index (χ2n) is 6.48. The van der Waals surface area contributed by atoms with E-state index < -0.39 is 0 Å². The molecular weight excluding hydrogens is 334 g/mol. The summed E-state index contributed by atoms with van der Waals surface area (Å²) >= 11 is 0. The lowest BCUT2D eigenvalue weighted by atomic mass is 9.75. The molecule has 4 rings (SSSR count). The van der Waals surface area contributed by atoms with Crippen LogP contribution in [0.4, 0.5) is 0 Å².